The summed E-state index contributed by atoms with van der Waals surface area (Å²) in [5, 5.41) is 0. The van der Waals surface area contributed by atoms with E-state index in [9.17, 15) is 4.79 Å². The topological polar surface area (TPSA) is 26.3 Å². The summed E-state index contributed by atoms with van der Waals surface area (Å²) in [4.78, 5) is 11.4. The smallest absolute Gasteiger partial charge is 0.317 e. The van der Waals surface area contributed by atoms with Gasteiger partial charge < -0.3 is 4.43 Å². The van der Waals surface area contributed by atoms with Gasteiger partial charge in [0, 0.05) is 10.9 Å². The maximum Gasteiger partial charge on any atom is 0.317 e. The number of hydrogen-bond acceptors (Lipinski definition) is 2. The molecule has 0 aromatic heterocycles. The lowest BCUT2D eigenvalue weighted by Crippen LogP contribution is -2.28. The van der Waals surface area contributed by atoms with Gasteiger partial charge in [0.2, 0.25) is 8.32 Å². The normalized spacial score (nSPS) is 14.5. The fourth-order valence-electron chi connectivity index (χ4n) is 0.655. The molecule has 0 aliphatic heterocycles. The van der Waals surface area contributed by atoms with Crippen molar-refractivity contribution in [3.63, 3.8) is 0 Å². The Bertz CT molecular complexity index is 196. The number of carbonyl (C=O) groups excluding carboxylic acids is 1. The van der Waals surface area contributed by atoms with E-state index in [1.165, 1.54) is 6.08 Å². The summed E-state index contributed by atoms with van der Waals surface area (Å²) in [6, 6.07) is 0. The zero-order valence-corrected chi connectivity index (χ0v) is 11.2. The van der Waals surface area contributed by atoms with Gasteiger partial charge in [0.1, 0.15) is 0 Å². The Morgan fingerprint density at radius 1 is 1.54 bits per heavy atom. The van der Waals surface area contributed by atoms with Crippen LogP contribution in [0.3, 0.4) is 0 Å². The molecular weight excluding hydrogens is 248 g/mol. The van der Waals surface area contributed by atoms with Gasteiger partial charge in [-0.25, -0.2) is 4.79 Å². The van der Waals surface area contributed by atoms with Crippen molar-refractivity contribution in [2.24, 2.45) is 0 Å². The molecule has 0 amide bonds. The molecule has 0 aromatic carbocycles. The Hall–Kier alpha value is -0.0931. The Labute approximate surface area is 89.6 Å². The number of halogens is 1. The van der Waals surface area contributed by atoms with E-state index in [4.69, 9.17) is 4.43 Å². The van der Waals surface area contributed by atoms with Crippen molar-refractivity contribution in [3.8, 4) is 0 Å². The first-order chi connectivity index (χ1) is 5.85. The second-order valence-corrected chi connectivity index (χ2v) is 9.42. The monoisotopic (exact) mass is 264 g/mol. The molecule has 0 aliphatic carbocycles. The second-order valence-electron chi connectivity index (χ2n) is 3.82. The van der Waals surface area contributed by atoms with Crippen LogP contribution in [0.25, 0.3) is 0 Å². The summed E-state index contributed by atoms with van der Waals surface area (Å²) >= 11 is 3.40. The van der Waals surface area contributed by atoms with Crippen molar-refractivity contribution < 1.29 is 9.22 Å². The Morgan fingerprint density at radius 2 is 2.08 bits per heavy atom. The van der Waals surface area contributed by atoms with E-state index in [0.717, 1.165) is 6.42 Å². The largest absolute Gasteiger partial charge is 0.517 e. The molecule has 0 radical (unpaired) electrons. The lowest BCUT2D eigenvalue weighted by molar-refractivity contribution is -0.129. The van der Waals surface area contributed by atoms with Crippen molar-refractivity contribution in [2.75, 3.05) is 0 Å². The molecule has 0 aliphatic rings. The van der Waals surface area contributed by atoms with Crippen molar-refractivity contribution in [1.29, 1.82) is 0 Å². The van der Waals surface area contributed by atoms with Crippen LogP contribution in [-0.2, 0) is 9.22 Å². The molecule has 0 N–H and O–H groups in total. The van der Waals surface area contributed by atoms with Crippen LogP contribution in [0.2, 0.25) is 19.6 Å². The van der Waals surface area contributed by atoms with Crippen molar-refractivity contribution in [1.82, 2.24) is 0 Å². The van der Waals surface area contributed by atoms with Crippen LogP contribution in [0.4, 0.5) is 0 Å². The number of allylic oxidation sites excluding steroid dienone is 1. The molecular formula is C9H17BrO2Si. The van der Waals surface area contributed by atoms with E-state index >= 15 is 0 Å². The first kappa shape index (κ1) is 12.9. The number of hydrogen-bond donors (Lipinski definition) is 0. The zero-order valence-electron chi connectivity index (χ0n) is 8.63. The summed E-state index contributed by atoms with van der Waals surface area (Å²) in [5.74, 6) is -0.225. The predicted molar refractivity (Wildman–Crippen MR) is 61.6 cm³/mol. The first-order valence-electron chi connectivity index (χ1n) is 4.40. The van der Waals surface area contributed by atoms with Crippen LogP contribution in [0.5, 0.6) is 0 Å². The third-order valence-corrected chi connectivity index (χ3v) is 3.00. The molecule has 76 valence electrons. The third-order valence-electron chi connectivity index (χ3n) is 1.24. The lowest BCUT2D eigenvalue weighted by atomic mass is 10.3. The van der Waals surface area contributed by atoms with Crippen LogP contribution >= 0.6 is 15.9 Å². The summed E-state index contributed by atoms with van der Waals surface area (Å²) in [6.07, 6.45) is 4.29. The number of rotatable bonds is 4. The Kier molecular flexibility index (Phi) is 5.56. The van der Waals surface area contributed by atoms with Gasteiger partial charge in [0.15, 0.2) is 0 Å². The molecule has 0 rings (SSSR count). The minimum atomic E-state index is -1.72. The minimum Gasteiger partial charge on any atom is -0.517 e. The van der Waals surface area contributed by atoms with Crippen LogP contribution in [-0.4, -0.2) is 19.1 Å². The molecule has 4 heteroatoms. The third kappa shape index (κ3) is 8.24. The average Bonchev–Trinajstić information content (AvgIpc) is 1.97. The average molecular weight is 265 g/mol. The maximum atomic E-state index is 11.2. The molecule has 0 spiro atoms. The summed E-state index contributed by atoms with van der Waals surface area (Å²) in [5.41, 5.74) is 0. The lowest BCUT2D eigenvalue weighted by Gasteiger charge is -2.15. The van der Waals surface area contributed by atoms with Crippen molar-refractivity contribution in [2.45, 2.75) is 37.8 Å². The fourth-order valence-corrected chi connectivity index (χ4v) is 1.48. The SMILES string of the molecule is CCC(Br)/C=C/C(=O)O[Si](C)(C)C. The molecule has 0 fully saturated rings. The standard InChI is InChI=1S/C9H17BrO2Si/c1-5-8(10)6-7-9(11)12-13(2,3)4/h6-8H,5H2,1-4H3/b7-6+. The Balaban J connectivity index is 3.95. The van der Waals surface area contributed by atoms with E-state index in [-0.39, 0.29) is 10.8 Å². The molecule has 0 bridgehead atoms. The fraction of sp³-hybridized carbons (Fsp3) is 0.667. The highest BCUT2D eigenvalue weighted by Crippen LogP contribution is 2.07. The zero-order chi connectivity index (χ0) is 10.5. The molecule has 0 saturated carbocycles. The molecule has 1 unspecified atom stereocenters. The van der Waals surface area contributed by atoms with Gasteiger partial charge in [-0.15, -0.1) is 0 Å². The molecule has 0 heterocycles. The van der Waals surface area contributed by atoms with Crippen LogP contribution in [0.1, 0.15) is 13.3 Å². The van der Waals surface area contributed by atoms with Gasteiger partial charge in [0.25, 0.3) is 0 Å². The molecule has 1 atom stereocenters. The highest BCUT2D eigenvalue weighted by Gasteiger charge is 2.18. The van der Waals surface area contributed by atoms with Crippen molar-refractivity contribution >= 4 is 30.2 Å². The predicted octanol–water partition coefficient (Wildman–Crippen LogP) is 3.09. The Morgan fingerprint density at radius 3 is 2.46 bits per heavy atom. The summed E-state index contributed by atoms with van der Waals surface area (Å²) < 4.78 is 5.22. The highest BCUT2D eigenvalue weighted by atomic mass is 79.9. The summed E-state index contributed by atoms with van der Waals surface area (Å²) in [7, 11) is -1.72. The molecule has 13 heavy (non-hydrogen) atoms. The van der Waals surface area contributed by atoms with Gasteiger partial charge >= 0.3 is 5.97 Å². The van der Waals surface area contributed by atoms with Crippen LogP contribution in [0, 0.1) is 0 Å². The second kappa shape index (κ2) is 5.60. The molecule has 0 saturated heterocycles. The quantitative estimate of drug-likeness (QED) is 0.443. The van der Waals surface area contributed by atoms with Gasteiger partial charge in [0.05, 0.1) is 0 Å². The van der Waals surface area contributed by atoms with Crippen LogP contribution in [0.15, 0.2) is 12.2 Å². The number of carbonyl (C=O) groups is 1. The van der Waals surface area contributed by atoms with Crippen LogP contribution < -0.4 is 0 Å². The van der Waals surface area contributed by atoms with Gasteiger partial charge in [-0.05, 0) is 26.1 Å². The maximum absolute atomic E-state index is 11.2. The minimum absolute atomic E-state index is 0.225. The van der Waals surface area contributed by atoms with E-state index in [1.807, 2.05) is 32.6 Å². The van der Waals surface area contributed by atoms with Crippen molar-refractivity contribution in [3.05, 3.63) is 12.2 Å². The molecule has 2 nitrogen and oxygen atoms in total. The molecule has 0 aromatic rings. The van der Waals surface area contributed by atoms with E-state index < -0.39 is 8.32 Å². The van der Waals surface area contributed by atoms with Gasteiger partial charge in [-0.3, -0.25) is 0 Å². The van der Waals surface area contributed by atoms with Gasteiger partial charge in [-0.1, -0.05) is 28.9 Å². The summed E-state index contributed by atoms with van der Waals surface area (Å²) in [6.45, 7) is 8.02. The first-order valence-corrected chi connectivity index (χ1v) is 8.73. The highest BCUT2D eigenvalue weighted by molar-refractivity contribution is 9.09. The van der Waals surface area contributed by atoms with E-state index in [2.05, 4.69) is 15.9 Å². The van der Waals surface area contributed by atoms with E-state index in [1.54, 1.807) is 0 Å². The van der Waals surface area contributed by atoms with E-state index in [0.29, 0.717) is 0 Å². The van der Waals surface area contributed by atoms with Gasteiger partial charge in [-0.2, -0.15) is 0 Å². The number of alkyl halides is 1.